The third kappa shape index (κ3) is 2.60. The number of nitrogens with two attached hydrogens (primary N) is 1. The minimum atomic E-state index is -0.433. The lowest BCUT2D eigenvalue weighted by atomic mass is 9.46. The van der Waals surface area contributed by atoms with E-state index in [1.165, 1.54) is 6.42 Å². The van der Waals surface area contributed by atoms with Gasteiger partial charge in [-0.2, -0.15) is 5.10 Å². The Labute approximate surface area is 165 Å². The molecule has 1 aliphatic heterocycles. The number of carbonyl (C=O) groups is 2. The zero-order valence-electron chi connectivity index (χ0n) is 16.5. The van der Waals surface area contributed by atoms with Crippen LogP contribution in [0.25, 0.3) is 0 Å². The number of rotatable bonds is 4. The Morgan fingerprint density at radius 2 is 1.96 bits per heavy atom. The summed E-state index contributed by atoms with van der Waals surface area (Å²) in [5.74, 6) is 1.18. The molecule has 5 fully saturated rings. The molecule has 3 N–H and O–H groups in total. The van der Waals surface area contributed by atoms with Crippen LogP contribution in [0.1, 0.15) is 51.9 Å². The first kappa shape index (κ1) is 18.1. The predicted octanol–water partition coefficient (Wildman–Crippen LogP) is 0.638. The van der Waals surface area contributed by atoms with E-state index in [0.29, 0.717) is 31.3 Å². The zero-order chi connectivity index (χ0) is 19.5. The number of amides is 2. The van der Waals surface area contributed by atoms with Gasteiger partial charge in [-0.25, -0.2) is 9.67 Å². The second-order valence-corrected chi connectivity index (χ2v) is 9.67. The lowest BCUT2D eigenvalue weighted by Gasteiger charge is -2.61. The van der Waals surface area contributed by atoms with Crippen molar-refractivity contribution in [3.63, 3.8) is 0 Å². The van der Waals surface area contributed by atoms with Crippen LogP contribution in [0.3, 0.4) is 0 Å². The third-order valence-electron chi connectivity index (χ3n) is 7.64. The lowest BCUT2D eigenvalue weighted by molar-refractivity contribution is -0.168. The number of carbonyl (C=O) groups excluding carboxylic acids is 2. The largest absolute Gasteiger partial charge is 0.355 e. The average molecular weight is 387 g/mol. The fourth-order valence-corrected chi connectivity index (χ4v) is 7.12. The van der Waals surface area contributed by atoms with Crippen LogP contribution in [0.2, 0.25) is 0 Å². The first-order chi connectivity index (χ1) is 13.4. The molecule has 0 unspecified atom stereocenters. The van der Waals surface area contributed by atoms with Crippen molar-refractivity contribution in [2.45, 2.75) is 69.5 Å². The monoisotopic (exact) mass is 386 g/mol. The zero-order valence-corrected chi connectivity index (χ0v) is 16.5. The van der Waals surface area contributed by atoms with Crippen molar-refractivity contribution in [2.75, 3.05) is 13.1 Å². The number of nitrogens with zero attached hydrogens (tertiary/aromatic N) is 4. The van der Waals surface area contributed by atoms with Gasteiger partial charge >= 0.3 is 0 Å². The maximum atomic E-state index is 13.9. The van der Waals surface area contributed by atoms with Crippen molar-refractivity contribution in [1.29, 1.82) is 0 Å². The second kappa shape index (κ2) is 6.27. The van der Waals surface area contributed by atoms with Gasteiger partial charge in [0.2, 0.25) is 11.8 Å². The summed E-state index contributed by atoms with van der Waals surface area (Å²) in [6, 6.07) is -0.562. The first-order valence-electron chi connectivity index (χ1n) is 10.6. The smallest absolute Gasteiger partial charge is 0.242 e. The second-order valence-electron chi connectivity index (χ2n) is 9.67. The fourth-order valence-electron chi connectivity index (χ4n) is 7.12. The number of aromatic nitrogens is 3. The summed E-state index contributed by atoms with van der Waals surface area (Å²) < 4.78 is 2.02. The molecular formula is C20H30N6O2. The van der Waals surface area contributed by atoms with Crippen LogP contribution in [0.15, 0.2) is 12.7 Å². The molecule has 1 aromatic rings. The van der Waals surface area contributed by atoms with Gasteiger partial charge < -0.3 is 16.0 Å². The van der Waals surface area contributed by atoms with E-state index in [2.05, 4.69) is 15.4 Å². The Morgan fingerprint density at radius 1 is 1.21 bits per heavy atom. The van der Waals surface area contributed by atoms with Crippen molar-refractivity contribution >= 4 is 11.8 Å². The summed E-state index contributed by atoms with van der Waals surface area (Å²) in [5.41, 5.74) is 5.70. The minimum absolute atomic E-state index is 0.0699. The Bertz CT molecular complexity index is 764. The molecule has 5 aliphatic rings. The number of hydrogen-bond donors (Lipinski definition) is 2. The minimum Gasteiger partial charge on any atom is -0.355 e. The SMILES string of the molecule is CCNC(=O)[C@@H]1C[C@H](N)CN1C(=O)C12C[C@H]3C[C@H](C1)CC(n1cncn1)(C3)C2. The molecule has 2 heterocycles. The summed E-state index contributed by atoms with van der Waals surface area (Å²) in [4.78, 5) is 32.5. The molecule has 8 nitrogen and oxygen atoms in total. The Morgan fingerprint density at radius 3 is 2.61 bits per heavy atom. The Kier molecular flexibility index (Phi) is 4.05. The summed E-state index contributed by atoms with van der Waals surface area (Å²) in [6.45, 7) is 2.95. The highest BCUT2D eigenvalue weighted by atomic mass is 16.2. The van der Waals surface area contributed by atoms with Crippen LogP contribution in [-0.4, -0.2) is 56.7 Å². The number of hydrogen-bond acceptors (Lipinski definition) is 5. The molecule has 4 bridgehead atoms. The predicted molar refractivity (Wildman–Crippen MR) is 102 cm³/mol. The molecule has 1 saturated heterocycles. The summed E-state index contributed by atoms with van der Waals surface area (Å²) in [5, 5.41) is 7.36. The highest BCUT2D eigenvalue weighted by molar-refractivity contribution is 5.91. The molecule has 4 saturated carbocycles. The van der Waals surface area contributed by atoms with Crippen molar-refractivity contribution < 1.29 is 9.59 Å². The van der Waals surface area contributed by atoms with E-state index in [1.807, 2.05) is 17.9 Å². The average Bonchev–Trinajstić information content (AvgIpc) is 3.30. The van der Waals surface area contributed by atoms with Gasteiger partial charge in [-0.15, -0.1) is 0 Å². The highest BCUT2D eigenvalue weighted by Crippen LogP contribution is 2.64. The quantitative estimate of drug-likeness (QED) is 0.790. The van der Waals surface area contributed by atoms with Gasteiger partial charge in [0, 0.05) is 19.1 Å². The summed E-state index contributed by atoms with van der Waals surface area (Å²) in [6.07, 6.45) is 10.0. The topological polar surface area (TPSA) is 106 Å². The maximum absolute atomic E-state index is 13.9. The van der Waals surface area contributed by atoms with Gasteiger partial charge in [0.15, 0.2) is 0 Å². The van der Waals surface area contributed by atoms with Crippen molar-refractivity contribution in [2.24, 2.45) is 23.0 Å². The van der Waals surface area contributed by atoms with Crippen LogP contribution in [0.5, 0.6) is 0 Å². The van der Waals surface area contributed by atoms with Crippen LogP contribution in [-0.2, 0) is 15.1 Å². The van der Waals surface area contributed by atoms with Gasteiger partial charge in [-0.05, 0) is 63.7 Å². The molecule has 6 rings (SSSR count). The van der Waals surface area contributed by atoms with Crippen LogP contribution in [0, 0.1) is 17.3 Å². The molecule has 4 atom stereocenters. The number of likely N-dealkylation sites (N-methyl/N-ethyl adjacent to an activating group) is 1. The van der Waals surface area contributed by atoms with Crippen LogP contribution in [0.4, 0.5) is 0 Å². The molecule has 28 heavy (non-hydrogen) atoms. The van der Waals surface area contributed by atoms with E-state index >= 15 is 0 Å². The van der Waals surface area contributed by atoms with E-state index in [9.17, 15) is 9.59 Å². The molecular weight excluding hydrogens is 356 g/mol. The Hall–Kier alpha value is -1.96. The van der Waals surface area contributed by atoms with E-state index in [0.717, 1.165) is 32.1 Å². The third-order valence-corrected chi connectivity index (χ3v) is 7.64. The molecule has 8 heteroatoms. The van der Waals surface area contributed by atoms with Crippen LogP contribution < -0.4 is 11.1 Å². The Balaban J connectivity index is 1.47. The van der Waals surface area contributed by atoms with Crippen molar-refractivity contribution in [3.8, 4) is 0 Å². The van der Waals surface area contributed by atoms with Crippen molar-refractivity contribution in [3.05, 3.63) is 12.7 Å². The van der Waals surface area contributed by atoms with Crippen molar-refractivity contribution in [1.82, 2.24) is 25.0 Å². The van der Waals surface area contributed by atoms with Gasteiger partial charge in [0.25, 0.3) is 0 Å². The van der Waals surface area contributed by atoms with E-state index in [4.69, 9.17) is 5.73 Å². The van der Waals surface area contributed by atoms with E-state index in [1.54, 1.807) is 11.2 Å². The van der Waals surface area contributed by atoms with Gasteiger partial charge in [0.05, 0.1) is 11.0 Å². The highest BCUT2D eigenvalue weighted by Gasteiger charge is 2.63. The van der Waals surface area contributed by atoms with E-state index in [-0.39, 0.29) is 28.8 Å². The van der Waals surface area contributed by atoms with Gasteiger partial charge in [-0.1, -0.05) is 0 Å². The number of nitrogens with one attached hydrogen (secondary N) is 1. The standard InChI is InChI=1S/C20H30N6O2/c1-2-23-17(27)16-4-15(21)9-25(16)18(28)19-5-13-3-14(6-19)8-20(7-13,10-19)26-12-22-11-24-26/h11-16H,2-10,21H2,1H3,(H,23,27)/t13-,14-,15+,16+,19?,20?/m1/s1. The maximum Gasteiger partial charge on any atom is 0.242 e. The molecule has 0 aromatic carbocycles. The molecule has 0 spiro atoms. The van der Waals surface area contributed by atoms with E-state index < -0.39 is 6.04 Å². The van der Waals surface area contributed by atoms with Crippen LogP contribution >= 0.6 is 0 Å². The fraction of sp³-hybridized carbons (Fsp3) is 0.800. The molecule has 1 aromatic heterocycles. The first-order valence-corrected chi connectivity index (χ1v) is 10.6. The summed E-state index contributed by atoms with van der Waals surface area (Å²) in [7, 11) is 0. The normalized spacial score (nSPS) is 41.4. The molecule has 4 aliphatic carbocycles. The molecule has 0 radical (unpaired) electrons. The number of likely N-dealkylation sites (tertiary alicyclic amines) is 1. The molecule has 152 valence electrons. The van der Waals surface area contributed by atoms with Gasteiger partial charge in [0.1, 0.15) is 18.7 Å². The lowest BCUT2D eigenvalue weighted by Crippen LogP contribution is -2.62. The summed E-state index contributed by atoms with van der Waals surface area (Å²) >= 11 is 0. The molecule has 2 amide bonds. The van der Waals surface area contributed by atoms with Gasteiger partial charge in [-0.3, -0.25) is 9.59 Å².